The smallest absolute Gasteiger partial charge is 0.0948 e. The minimum atomic E-state index is -0.340. The van der Waals surface area contributed by atoms with Crippen LogP contribution in [-0.4, -0.2) is 53.7 Å². The van der Waals surface area contributed by atoms with Gasteiger partial charge in [0.15, 0.2) is 0 Å². The largest absolute Gasteiger partial charge is 0.387 e. The molecule has 0 bridgehead atoms. The van der Waals surface area contributed by atoms with E-state index in [0.29, 0.717) is 12.0 Å². The summed E-state index contributed by atoms with van der Waals surface area (Å²) in [6.07, 6.45) is 0.722. The van der Waals surface area contributed by atoms with E-state index in [1.165, 1.54) is 5.56 Å². The molecule has 0 saturated carbocycles. The van der Waals surface area contributed by atoms with E-state index < -0.39 is 0 Å². The summed E-state index contributed by atoms with van der Waals surface area (Å²) in [6.45, 7) is 7.84. The Bertz CT molecular complexity index is 476. The average Bonchev–Trinajstić information content (AvgIpc) is 2.43. The third kappa shape index (κ3) is 2.39. The summed E-state index contributed by atoms with van der Waals surface area (Å²) in [5, 5.41) is 10.8. The van der Waals surface area contributed by atoms with Crippen LogP contribution in [0.2, 0.25) is 0 Å². The van der Waals surface area contributed by atoms with Gasteiger partial charge in [0.1, 0.15) is 0 Å². The molecule has 1 aromatic carbocycles. The summed E-state index contributed by atoms with van der Waals surface area (Å²) in [7, 11) is 2.18. The normalized spacial score (nSPS) is 35.8. The minimum Gasteiger partial charge on any atom is -0.387 e. The van der Waals surface area contributed by atoms with Crippen LogP contribution in [0.3, 0.4) is 0 Å². The number of hydrogen-bond donors (Lipinski definition) is 1. The molecule has 4 unspecified atom stereocenters. The molecule has 1 N–H and O–H groups in total. The fraction of sp³-hybridized carbons (Fsp3) is 0.647. The van der Waals surface area contributed by atoms with Crippen LogP contribution >= 0.6 is 0 Å². The monoisotopic (exact) mass is 274 g/mol. The second-order valence-corrected chi connectivity index (χ2v) is 6.63. The van der Waals surface area contributed by atoms with Crippen LogP contribution in [0.5, 0.6) is 0 Å². The summed E-state index contributed by atoms with van der Waals surface area (Å²) in [5.41, 5.74) is 2.47. The fourth-order valence-electron chi connectivity index (χ4n) is 4.02. The predicted octanol–water partition coefficient (Wildman–Crippen LogP) is 2.23. The number of nitrogens with zero attached hydrogens (tertiary/aromatic N) is 2. The molecule has 0 aromatic heterocycles. The van der Waals surface area contributed by atoms with E-state index in [2.05, 4.69) is 48.9 Å². The van der Waals surface area contributed by atoms with E-state index in [-0.39, 0.29) is 12.1 Å². The van der Waals surface area contributed by atoms with Crippen LogP contribution in [0.15, 0.2) is 24.3 Å². The molecule has 1 aliphatic carbocycles. The number of rotatable bonds is 1. The van der Waals surface area contributed by atoms with Gasteiger partial charge in [-0.15, -0.1) is 0 Å². The first-order valence-corrected chi connectivity index (χ1v) is 7.79. The first kappa shape index (κ1) is 14.1. The minimum absolute atomic E-state index is 0.267. The van der Waals surface area contributed by atoms with E-state index in [0.717, 1.165) is 31.6 Å². The Labute approximate surface area is 122 Å². The van der Waals surface area contributed by atoms with E-state index in [9.17, 15) is 5.11 Å². The van der Waals surface area contributed by atoms with Crippen molar-refractivity contribution in [2.24, 2.45) is 0 Å². The standard InChI is InChI=1S/C17H26N2O/c1-12-10-16(19-9-8-18(3)11-13(19)2)17(20)15-7-5-4-6-14(12)15/h4-7,12-13,16-17,20H,8-11H2,1-3H3. The van der Waals surface area contributed by atoms with Crippen molar-refractivity contribution >= 4 is 0 Å². The van der Waals surface area contributed by atoms with E-state index in [4.69, 9.17) is 0 Å². The van der Waals surface area contributed by atoms with Crippen LogP contribution in [0.1, 0.15) is 43.4 Å². The number of likely N-dealkylation sites (N-methyl/N-ethyl adjacent to an activating group) is 1. The number of benzene rings is 1. The molecule has 1 aromatic rings. The quantitative estimate of drug-likeness (QED) is 0.851. The van der Waals surface area contributed by atoms with Gasteiger partial charge in [-0.2, -0.15) is 0 Å². The number of piperazine rings is 1. The molecule has 3 rings (SSSR count). The fourth-order valence-corrected chi connectivity index (χ4v) is 4.02. The zero-order valence-corrected chi connectivity index (χ0v) is 12.8. The lowest BCUT2D eigenvalue weighted by Crippen LogP contribution is -2.56. The molecule has 1 saturated heterocycles. The van der Waals surface area contributed by atoms with Gasteiger partial charge in [-0.3, -0.25) is 4.90 Å². The van der Waals surface area contributed by atoms with E-state index in [1.54, 1.807) is 0 Å². The summed E-state index contributed by atoms with van der Waals surface area (Å²) in [6, 6.07) is 9.19. The Morgan fingerprint density at radius 2 is 1.80 bits per heavy atom. The SMILES string of the molecule is CC1CC(N2CCN(C)CC2C)C(O)c2ccccc21. The first-order valence-electron chi connectivity index (χ1n) is 7.79. The van der Waals surface area contributed by atoms with Crippen molar-refractivity contribution in [2.45, 2.75) is 44.4 Å². The number of fused-ring (bicyclic) bond motifs is 1. The van der Waals surface area contributed by atoms with Gasteiger partial charge in [0.25, 0.3) is 0 Å². The van der Waals surface area contributed by atoms with Gasteiger partial charge in [-0.1, -0.05) is 31.2 Å². The lowest BCUT2D eigenvalue weighted by molar-refractivity contribution is -0.0178. The molecule has 0 amide bonds. The highest BCUT2D eigenvalue weighted by Gasteiger charge is 2.38. The third-order valence-corrected chi connectivity index (χ3v) is 5.11. The van der Waals surface area contributed by atoms with Gasteiger partial charge in [0.2, 0.25) is 0 Å². The summed E-state index contributed by atoms with van der Waals surface area (Å²) in [4.78, 5) is 4.91. The maximum absolute atomic E-state index is 10.8. The van der Waals surface area contributed by atoms with Crippen molar-refractivity contribution < 1.29 is 5.11 Å². The first-order chi connectivity index (χ1) is 9.58. The molecule has 4 atom stereocenters. The highest BCUT2D eigenvalue weighted by molar-refractivity contribution is 5.35. The van der Waals surface area contributed by atoms with Crippen LogP contribution in [0, 0.1) is 0 Å². The van der Waals surface area contributed by atoms with Gasteiger partial charge >= 0.3 is 0 Å². The third-order valence-electron chi connectivity index (χ3n) is 5.11. The number of hydrogen-bond acceptors (Lipinski definition) is 3. The van der Waals surface area contributed by atoms with Gasteiger partial charge in [-0.05, 0) is 37.4 Å². The molecular weight excluding hydrogens is 248 g/mol. The highest BCUT2D eigenvalue weighted by Crippen LogP contribution is 2.40. The number of aliphatic hydroxyl groups is 1. The summed E-state index contributed by atoms with van der Waals surface area (Å²) < 4.78 is 0. The molecule has 0 radical (unpaired) electrons. The maximum atomic E-state index is 10.8. The summed E-state index contributed by atoms with van der Waals surface area (Å²) >= 11 is 0. The molecule has 20 heavy (non-hydrogen) atoms. The lowest BCUT2D eigenvalue weighted by atomic mass is 9.78. The van der Waals surface area contributed by atoms with E-state index in [1.807, 2.05) is 6.07 Å². The molecule has 3 heteroatoms. The molecule has 110 valence electrons. The van der Waals surface area contributed by atoms with E-state index >= 15 is 0 Å². The highest BCUT2D eigenvalue weighted by atomic mass is 16.3. The Balaban J connectivity index is 1.86. The Morgan fingerprint density at radius 1 is 1.10 bits per heavy atom. The second kappa shape index (κ2) is 5.47. The van der Waals surface area contributed by atoms with Gasteiger partial charge in [0.05, 0.1) is 6.10 Å². The summed E-state index contributed by atoms with van der Waals surface area (Å²) in [5.74, 6) is 0.534. The molecule has 1 heterocycles. The van der Waals surface area contributed by atoms with Crippen molar-refractivity contribution in [3.63, 3.8) is 0 Å². The Morgan fingerprint density at radius 3 is 2.50 bits per heavy atom. The Kier molecular flexibility index (Phi) is 3.85. The maximum Gasteiger partial charge on any atom is 0.0948 e. The Hall–Kier alpha value is -0.900. The van der Waals surface area contributed by atoms with Crippen molar-refractivity contribution in [2.75, 3.05) is 26.7 Å². The van der Waals surface area contributed by atoms with Crippen molar-refractivity contribution in [3.05, 3.63) is 35.4 Å². The lowest BCUT2D eigenvalue weighted by Gasteiger charge is -2.47. The topological polar surface area (TPSA) is 26.7 Å². The van der Waals surface area contributed by atoms with Crippen LogP contribution in [0.25, 0.3) is 0 Å². The van der Waals surface area contributed by atoms with Crippen molar-refractivity contribution in [1.29, 1.82) is 0 Å². The zero-order chi connectivity index (χ0) is 14.3. The molecule has 2 aliphatic rings. The van der Waals surface area contributed by atoms with Gasteiger partial charge < -0.3 is 10.0 Å². The van der Waals surface area contributed by atoms with Crippen LogP contribution in [-0.2, 0) is 0 Å². The molecule has 1 aliphatic heterocycles. The van der Waals surface area contributed by atoms with Crippen molar-refractivity contribution in [3.8, 4) is 0 Å². The zero-order valence-electron chi connectivity index (χ0n) is 12.8. The van der Waals surface area contributed by atoms with Crippen LogP contribution in [0.4, 0.5) is 0 Å². The molecule has 1 fully saturated rings. The number of aliphatic hydroxyl groups excluding tert-OH is 1. The molecule has 0 spiro atoms. The predicted molar refractivity (Wildman–Crippen MR) is 81.9 cm³/mol. The average molecular weight is 274 g/mol. The second-order valence-electron chi connectivity index (χ2n) is 6.63. The van der Waals surface area contributed by atoms with Gasteiger partial charge in [-0.25, -0.2) is 0 Å². The molecular formula is C17H26N2O. The van der Waals surface area contributed by atoms with Crippen molar-refractivity contribution in [1.82, 2.24) is 9.80 Å². The van der Waals surface area contributed by atoms with Crippen LogP contribution < -0.4 is 0 Å². The van der Waals surface area contributed by atoms with Gasteiger partial charge in [0, 0.05) is 31.7 Å². The molecule has 3 nitrogen and oxygen atoms in total.